The van der Waals surface area contributed by atoms with Gasteiger partial charge in [0.05, 0.1) is 12.1 Å². The van der Waals surface area contributed by atoms with E-state index in [0.29, 0.717) is 6.54 Å². The molecule has 0 saturated heterocycles. The Kier molecular flexibility index (Phi) is 7.13. The average molecular weight is 230 g/mol. The van der Waals surface area contributed by atoms with Crippen LogP contribution in [-0.4, -0.2) is 41.8 Å². The Morgan fingerprint density at radius 2 is 1.94 bits per heavy atom. The average Bonchev–Trinajstić information content (AvgIpc) is 2.14. The van der Waals surface area contributed by atoms with Crippen molar-refractivity contribution in [1.82, 2.24) is 10.2 Å². The topological polar surface area (TPSA) is 52.6 Å². The van der Waals surface area contributed by atoms with Gasteiger partial charge in [0.1, 0.15) is 0 Å². The van der Waals surface area contributed by atoms with Crippen LogP contribution in [0.1, 0.15) is 46.5 Å². The van der Waals surface area contributed by atoms with Crippen LogP contribution in [-0.2, 0) is 0 Å². The number of carbonyl (C=O) groups excluding carboxylic acids is 1. The number of nitrogens with one attached hydrogen (secondary N) is 1. The highest BCUT2D eigenvalue weighted by molar-refractivity contribution is 5.73. The van der Waals surface area contributed by atoms with Crippen LogP contribution in [0.4, 0.5) is 4.79 Å². The molecule has 2 N–H and O–H groups in total. The van der Waals surface area contributed by atoms with Crippen molar-refractivity contribution in [3.8, 4) is 0 Å². The number of hydrogen-bond donors (Lipinski definition) is 2. The van der Waals surface area contributed by atoms with Crippen molar-refractivity contribution in [2.45, 2.75) is 52.1 Å². The summed E-state index contributed by atoms with van der Waals surface area (Å²) in [6.45, 7) is 6.61. The zero-order chi connectivity index (χ0) is 12.6. The lowest BCUT2D eigenvalue weighted by Gasteiger charge is -2.25. The van der Waals surface area contributed by atoms with Gasteiger partial charge in [0.15, 0.2) is 0 Å². The van der Waals surface area contributed by atoms with E-state index in [2.05, 4.69) is 12.2 Å². The summed E-state index contributed by atoms with van der Waals surface area (Å²) in [4.78, 5) is 13.1. The van der Waals surface area contributed by atoms with Crippen LogP contribution in [0.3, 0.4) is 0 Å². The molecule has 0 heterocycles. The van der Waals surface area contributed by atoms with Crippen molar-refractivity contribution < 1.29 is 9.90 Å². The first kappa shape index (κ1) is 15.2. The van der Waals surface area contributed by atoms with Crippen molar-refractivity contribution in [3.63, 3.8) is 0 Å². The molecule has 0 aromatic carbocycles. The van der Waals surface area contributed by atoms with Crippen LogP contribution >= 0.6 is 0 Å². The maximum absolute atomic E-state index is 11.6. The summed E-state index contributed by atoms with van der Waals surface area (Å²) in [5, 5.41) is 12.4. The molecule has 0 atom stereocenters. The third kappa shape index (κ3) is 8.53. The van der Waals surface area contributed by atoms with Gasteiger partial charge in [-0.05, 0) is 20.3 Å². The number of urea groups is 1. The number of aliphatic hydroxyl groups is 1. The molecule has 16 heavy (non-hydrogen) atoms. The molecule has 0 aromatic rings. The van der Waals surface area contributed by atoms with E-state index < -0.39 is 5.60 Å². The SMILES string of the molecule is CCCCCCNC(=O)N(C)CC(C)(C)O. The van der Waals surface area contributed by atoms with Gasteiger partial charge in [-0.3, -0.25) is 0 Å². The molecular formula is C12H26N2O2. The van der Waals surface area contributed by atoms with Gasteiger partial charge in [-0.1, -0.05) is 26.2 Å². The Morgan fingerprint density at radius 1 is 1.31 bits per heavy atom. The molecule has 0 rings (SSSR count). The quantitative estimate of drug-likeness (QED) is 0.657. The number of likely N-dealkylation sites (N-methyl/N-ethyl adjacent to an activating group) is 1. The molecule has 0 aliphatic rings. The monoisotopic (exact) mass is 230 g/mol. The van der Waals surface area contributed by atoms with Gasteiger partial charge in [-0.15, -0.1) is 0 Å². The van der Waals surface area contributed by atoms with Crippen molar-refractivity contribution in [2.24, 2.45) is 0 Å². The second kappa shape index (κ2) is 7.49. The third-order valence-corrected chi connectivity index (χ3v) is 2.28. The number of amides is 2. The smallest absolute Gasteiger partial charge is 0.317 e. The van der Waals surface area contributed by atoms with Crippen molar-refractivity contribution >= 4 is 6.03 Å². The van der Waals surface area contributed by atoms with Gasteiger partial charge < -0.3 is 15.3 Å². The van der Waals surface area contributed by atoms with Crippen LogP contribution < -0.4 is 5.32 Å². The molecule has 96 valence electrons. The molecule has 2 amide bonds. The molecule has 0 aromatic heterocycles. The summed E-state index contributed by atoms with van der Waals surface area (Å²) in [6, 6.07) is -0.112. The van der Waals surface area contributed by atoms with Gasteiger partial charge in [0.2, 0.25) is 0 Å². The van der Waals surface area contributed by atoms with Gasteiger partial charge in [-0.2, -0.15) is 0 Å². The highest BCUT2D eigenvalue weighted by Gasteiger charge is 2.18. The molecule has 4 heteroatoms. The molecule has 4 nitrogen and oxygen atoms in total. The zero-order valence-corrected chi connectivity index (χ0v) is 11.0. The van der Waals surface area contributed by atoms with Crippen LogP contribution in [0.5, 0.6) is 0 Å². The second-order valence-corrected chi connectivity index (χ2v) is 4.96. The molecule has 0 aliphatic heterocycles. The van der Waals surface area contributed by atoms with E-state index in [9.17, 15) is 9.90 Å². The summed E-state index contributed by atoms with van der Waals surface area (Å²) in [5.41, 5.74) is -0.839. The normalized spacial score (nSPS) is 11.3. The molecule has 0 fully saturated rings. The van der Waals surface area contributed by atoms with Gasteiger partial charge in [0, 0.05) is 13.6 Å². The molecular weight excluding hydrogens is 204 g/mol. The summed E-state index contributed by atoms with van der Waals surface area (Å²) >= 11 is 0. The Hall–Kier alpha value is -0.770. The van der Waals surface area contributed by atoms with E-state index in [1.54, 1.807) is 20.9 Å². The van der Waals surface area contributed by atoms with Crippen molar-refractivity contribution in [1.29, 1.82) is 0 Å². The number of rotatable bonds is 7. The molecule has 0 aliphatic carbocycles. The zero-order valence-electron chi connectivity index (χ0n) is 11.0. The lowest BCUT2D eigenvalue weighted by atomic mass is 10.1. The molecule has 0 saturated carbocycles. The standard InChI is InChI=1S/C12H26N2O2/c1-5-6-7-8-9-13-11(15)14(4)10-12(2,3)16/h16H,5-10H2,1-4H3,(H,13,15). The molecule has 0 radical (unpaired) electrons. The maximum Gasteiger partial charge on any atom is 0.317 e. The Bertz CT molecular complexity index is 200. The highest BCUT2D eigenvalue weighted by atomic mass is 16.3. The minimum Gasteiger partial charge on any atom is -0.389 e. The first-order valence-electron chi connectivity index (χ1n) is 6.08. The van der Waals surface area contributed by atoms with E-state index in [1.807, 2.05) is 0 Å². The second-order valence-electron chi connectivity index (χ2n) is 4.96. The van der Waals surface area contributed by atoms with Crippen LogP contribution in [0.25, 0.3) is 0 Å². The first-order valence-corrected chi connectivity index (χ1v) is 6.08. The molecule has 0 unspecified atom stereocenters. The van der Waals surface area contributed by atoms with Crippen molar-refractivity contribution in [2.75, 3.05) is 20.1 Å². The lowest BCUT2D eigenvalue weighted by Crippen LogP contribution is -2.44. The fourth-order valence-corrected chi connectivity index (χ4v) is 1.53. The number of unbranched alkanes of at least 4 members (excludes halogenated alkanes) is 3. The summed E-state index contributed by atoms with van der Waals surface area (Å²) in [5.74, 6) is 0. The predicted molar refractivity (Wildman–Crippen MR) is 66.5 cm³/mol. The summed E-state index contributed by atoms with van der Waals surface area (Å²) in [6.07, 6.45) is 4.60. The van der Waals surface area contributed by atoms with E-state index in [4.69, 9.17) is 0 Å². The van der Waals surface area contributed by atoms with Crippen molar-refractivity contribution in [3.05, 3.63) is 0 Å². The van der Waals surface area contributed by atoms with E-state index in [-0.39, 0.29) is 6.03 Å². The fourth-order valence-electron chi connectivity index (χ4n) is 1.53. The van der Waals surface area contributed by atoms with Gasteiger partial charge in [-0.25, -0.2) is 4.79 Å². The highest BCUT2D eigenvalue weighted by Crippen LogP contribution is 2.03. The van der Waals surface area contributed by atoms with E-state index >= 15 is 0 Å². The minimum atomic E-state index is -0.839. The third-order valence-electron chi connectivity index (χ3n) is 2.28. The minimum absolute atomic E-state index is 0.112. The first-order chi connectivity index (χ1) is 7.37. The molecule has 0 spiro atoms. The summed E-state index contributed by atoms with van der Waals surface area (Å²) in [7, 11) is 1.69. The largest absolute Gasteiger partial charge is 0.389 e. The summed E-state index contributed by atoms with van der Waals surface area (Å²) < 4.78 is 0. The molecule has 0 bridgehead atoms. The fraction of sp³-hybridized carbons (Fsp3) is 0.917. The lowest BCUT2D eigenvalue weighted by molar-refractivity contribution is 0.0532. The van der Waals surface area contributed by atoms with Gasteiger partial charge >= 0.3 is 6.03 Å². The number of hydrogen-bond acceptors (Lipinski definition) is 2. The number of carbonyl (C=O) groups is 1. The Labute approximate surface area is 99.0 Å². The Balaban J connectivity index is 3.64. The van der Waals surface area contributed by atoms with Crippen LogP contribution in [0.15, 0.2) is 0 Å². The number of nitrogens with zero attached hydrogens (tertiary/aromatic N) is 1. The van der Waals surface area contributed by atoms with E-state index in [0.717, 1.165) is 19.4 Å². The Morgan fingerprint density at radius 3 is 2.44 bits per heavy atom. The maximum atomic E-state index is 11.6. The predicted octanol–water partition coefficient (Wildman–Crippen LogP) is 1.98. The van der Waals surface area contributed by atoms with Gasteiger partial charge in [0.25, 0.3) is 0 Å². The van der Waals surface area contributed by atoms with E-state index in [1.165, 1.54) is 17.7 Å². The van der Waals surface area contributed by atoms with Crippen LogP contribution in [0, 0.1) is 0 Å². The van der Waals surface area contributed by atoms with Crippen LogP contribution in [0.2, 0.25) is 0 Å².